The van der Waals surface area contributed by atoms with E-state index >= 15 is 0 Å². The zero-order valence-electron chi connectivity index (χ0n) is 16.6. The summed E-state index contributed by atoms with van der Waals surface area (Å²) in [5, 5.41) is 13.0. The second-order valence-corrected chi connectivity index (χ2v) is 7.40. The highest BCUT2D eigenvalue weighted by atomic mass is 32.2. The second-order valence-electron chi connectivity index (χ2n) is 6.04. The number of rotatable bonds is 12. The summed E-state index contributed by atoms with van der Waals surface area (Å²) in [4.78, 5) is 68.9. The van der Waals surface area contributed by atoms with E-state index in [1.165, 1.54) is 6.92 Å². The zero-order valence-corrected chi connectivity index (χ0v) is 18.3. The number of esters is 2. The summed E-state index contributed by atoms with van der Waals surface area (Å²) in [5.41, 5.74) is 0.00317. The molecule has 0 aliphatic rings. The Labute approximate surface area is 183 Å². The first-order valence-electron chi connectivity index (χ1n) is 8.55. The number of thiol groups is 1. The summed E-state index contributed by atoms with van der Waals surface area (Å²) in [6.45, 7) is 9.43. The minimum absolute atomic E-state index is 0.0214. The Balaban J connectivity index is 4.55. The van der Waals surface area contributed by atoms with E-state index in [4.69, 9.17) is 5.11 Å². The normalized spacial score (nSPS) is 12.1. The minimum Gasteiger partial charge on any atom is -0.480 e. The van der Waals surface area contributed by atoms with Crippen molar-refractivity contribution < 1.29 is 38.6 Å². The van der Waals surface area contributed by atoms with Crippen molar-refractivity contribution in [2.45, 2.75) is 38.8 Å². The molecule has 0 saturated carbocycles. The van der Waals surface area contributed by atoms with Crippen LogP contribution in [0.2, 0.25) is 0 Å². The molecule has 0 rings (SSSR count). The van der Waals surface area contributed by atoms with Crippen LogP contribution in [0.15, 0.2) is 24.3 Å². The third-order valence-corrected chi connectivity index (χ3v) is 4.82. The first-order valence-corrected chi connectivity index (χ1v) is 10.2. The van der Waals surface area contributed by atoms with Crippen molar-refractivity contribution in [1.82, 2.24) is 10.6 Å². The Bertz CT molecular complexity index is 750. The maximum atomic E-state index is 12.1. The molecule has 2 atom stereocenters. The molecule has 0 aromatic rings. The molecule has 0 radical (unpaired) electrons. The standard InChI is InChI=1S/C18H24N2O8S2/c1-9(16(25)28-17(26)13(7-29)19-11(3)21)5-6-10(2)18(27)30-8-14(15(23)24)20-12(4)22/h13-14,29H,1-2,5-8H2,3-4H3,(H,19,21)(H,20,22)(H,23,24)/t13-,14-/m0/s1. The summed E-state index contributed by atoms with van der Waals surface area (Å²) in [6.07, 6.45) is -0.00942. The fourth-order valence-corrected chi connectivity index (χ4v) is 2.94. The van der Waals surface area contributed by atoms with Gasteiger partial charge in [-0.2, -0.15) is 12.6 Å². The van der Waals surface area contributed by atoms with E-state index in [0.29, 0.717) is 11.8 Å². The molecule has 12 heteroatoms. The van der Waals surface area contributed by atoms with Gasteiger partial charge in [-0.3, -0.25) is 14.4 Å². The largest absolute Gasteiger partial charge is 0.480 e. The van der Waals surface area contributed by atoms with E-state index in [1.807, 2.05) is 0 Å². The van der Waals surface area contributed by atoms with E-state index in [0.717, 1.165) is 6.92 Å². The average molecular weight is 461 g/mol. The second kappa shape index (κ2) is 13.6. The lowest BCUT2D eigenvalue weighted by Gasteiger charge is -2.14. The van der Waals surface area contributed by atoms with Crippen molar-refractivity contribution in [3.05, 3.63) is 24.3 Å². The third kappa shape index (κ3) is 10.8. The van der Waals surface area contributed by atoms with Crippen molar-refractivity contribution in [1.29, 1.82) is 0 Å². The fourth-order valence-electron chi connectivity index (χ4n) is 1.85. The number of carboxylic acids is 1. The van der Waals surface area contributed by atoms with Gasteiger partial charge < -0.3 is 20.5 Å². The molecule has 2 amide bonds. The molecule has 30 heavy (non-hydrogen) atoms. The highest BCUT2D eigenvalue weighted by Crippen LogP contribution is 2.18. The molecule has 0 bridgehead atoms. The van der Waals surface area contributed by atoms with Gasteiger partial charge in [0.05, 0.1) is 0 Å². The maximum Gasteiger partial charge on any atom is 0.341 e. The average Bonchev–Trinajstić information content (AvgIpc) is 2.65. The topological polar surface area (TPSA) is 156 Å². The van der Waals surface area contributed by atoms with Crippen LogP contribution in [0.4, 0.5) is 0 Å². The SMILES string of the molecule is C=C(CCC(=C)C(=O)SC[C@H](NC(C)=O)C(=O)O)C(=O)OC(=O)[C@H](CS)NC(C)=O. The van der Waals surface area contributed by atoms with E-state index < -0.39 is 46.9 Å². The monoisotopic (exact) mass is 460 g/mol. The highest BCUT2D eigenvalue weighted by Gasteiger charge is 2.24. The van der Waals surface area contributed by atoms with Crippen molar-refractivity contribution in [2.24, 2.45) is 0 Å². The molecular formula is C18H24N2O8S2. The number of hydrogen-bond donors (Lipinski definition) is 4. The van der Waals surface area contributed by atoms with Crippen LogP contribution in [0.3, 0.4) is 0 Å². The lowest BCUT2D eigenvalue weighted by Crippen LogP contribution is -2.43. The number of carbonyl (C=O) groups is 6. The summed E-state index contributed by atoms with van der Waals surface area (Å²) in [5.74, 6) is -4.59. The van der Waals surface area contributed by atoms with E-state index in [-0.39, 0.29) is 35.5 Å². The summed E-state index contributed by atoms with van der Waals surface area (Å²) >= 11 is 4.56. The van der Waals surface area contributed by atoms with Crippen LogP contribution in [0.25, 0.3) is 0 Å². The molecule has 0 fully saturated rings. The van der Waals surface area contributed by atoms with Gasteiger partial charge in [0.15, 0.2) is 0 Å². The molecule has 0 aliphatic heterocycles. The van der Waals surface area contributed by atoms with Gasteiger partial charge in [-0.05, 0) is 18.4 Å². The third-order valence-electron chi connectivity index (χ3n) is 3.40. The van der Waals surface area contributed by atoms with Crippen LogP contribution in [0, 0.1) is 0 Å². The van der Waals surface area contributed by atoms with Crippen molar-refractivity contribution in [3.63, 3.8) is 0 Å². The number of aliphatic carboxylic acids is 1. The van der Waals surface area contributed by atoms with Crippen LogP contribution < -0.4 is 10.6 Å². The fraction of sp³-hybridized carbons (Fsp3) is 0.444. The van der Waals surface area contributed by atoms with Crippen LogP contribution >= 0.6 is 24.4 Å². The van der Waals surface area contributed by atoms with Gasteiger partial charge in [0.25, 0.3) is 0 Å². The first-order chi connectivity index (χ1) is 13.9. The Morgan fingerprint density at radius 1 is 0.967 bits per heavy atom. The Morgan fingerprint density at radius 2 is 1.47 bits per heavy atom. The molecular weight excluding hydrogens is 436 g/mol. The summed E-state index contributed by atoms with van der Waals surface area (Å²) in [6, 6.07) is -2.33. The van der Waals surface area contributed by atoms with Crippen LogP contribution in [-0.2, 0) is 33.5 Å². The van der Waals surface area contributed by atoms with Gasteiger partial charge in [-0.1, -0.05) is 24.9 Å². The Hall–Kier alpha value is -2.60. The number of hydrogen-bond acceptors (Lipinski definition) is 9. The lowest BCUT2D eigenvalue weighted by atomic mass is 10.1. The lowest BCUT2D eigenvalue weighted by molar-refractivity contribution is -0.159. The molecule has 0 aromatic carbocycles. The molecule has 0 aliphatic carbocycles. The zero-order chi connectivity index (χ0) is 23.4. The molecule has 166 valence electrons. The van der Waals surface area contributed by atoms with E-state index in [1.54, 1.807) is 0 Å². The number of carboxylic acid groups (broad SMARTS) is 1. The maximum absolute atomic E-state index is 12.1. The van der Waals surface area contributed by atoms with Crippen LogP contribution in [-0.4, -0.2) is 63.5 Å². The van der Waals surface area contributed by atoms with Gasteiger partial charge in [-0.15, -0.1) is 0 Å². The molecule has 0 unspecified atom stereocenters. The quantitative estimate of drug-likeness (QED) is 0.139. The minimum atomic E-state index is -1.28. The number of thioether (sulfide) groups is 1. The number of ether oxygens (including phenoxy) is 1. The molecule has 10 nitrogen and oxygen atoms in total. The number of carbonyl (C=O) groups excluding carboxylic acids is 5. The summed E-state index contributed by atoms with van der Waals surface area (Å²) in [7, 11) is 0. The van der Waals surface area contributed by atoms with E-state index in [2.05, 4.69) is 41.2 Å². The predicted octanol–water partition coefficient (Wildman–Crippen LogP) is 0.232. The highest BCUT2D eigenvalue weighted by molar-refractivity contribution is 8.14. The summed E-state index contributed by atoms with van der Waals surface area (Å²) < 4.78 is 4.63. The molecule has 0 saturated heterocycles. The molecule has 3 N–H and O–H groups in total. The Morgan fingerprint density at radius 3 is 1.93 bits per heavy atom. The predicted molar refractivity (Wildman–Crippen MR) is 113 cm³/mol. The number of nitrogens with one attached hydrogen (secondary N) is 2. The van der Waals surface area contributed by atoms with Gasteiger partial charge >= 0.3 is 17.9 Å². The van der Waals surface area contributed by atoms with Gasteiger partial charge in [0, 0.05) is 30.9 Å². The van der Waals surface area contributed by atoms with Gasteiger partial charge in [-0.25, -0.2) is 14.4 Å². The van der Waals surface area contributed by atoms with Crippen molar-refractivity contribution in [3.8, 4) is 0 Å². The first kappa shape index (κ1) is 27.4. The molecule has 0 aromatic heterocycles. The molecule has 0 spiro atoms. The number of amides is 2. The van der Waals surface area contributed by atoms with E-state index in [9.17, 15) is 28.8 Å². The van der Waals surface area contributed by atoms with Gasteiger partial charge in [0.1, 0.15) is 12.1 Å². The van der Waals surface area contributed by atoms with Crippen LogP contribution in [0.1, 0.15) is 26.7 Å². The van der Waals surface area contributed by atoms with Crippen molar-refractivity contribution >= 4 is 59.2 Å². The smallest absolute Gasteiger partial charge is 0.341 e. The molecule has 0 heterocycles. The van der Waals surface area contributed by atoms with Crippen molar-refractivity contribution in [2.75, 3.05) is 11.5 Å². The Kier molecular flexibility index (Phi) is 12.4. The van der Waals surface area contributed by atoms with Crippen LogP contribution in [0.5, 0.6) is 0 Å². The van der Waals surface area contributed by atoms with Gasteiger partial charge in [0.2, 0.25) is 16.9 Å².